The number of ether oxygens (including phenoxy) is 1. The lowest BCUT2D eigenvalue weighted by molar-refractivity contribution is -0.384. The van der Waals surface area contributed by atoms with E-state index < -0.39 is 4.92 Å². The van der Waals surface area contributed by atoms with Crippen LogP contribution in [0.5, 0.6) is 5.75 Å². The number of amides is 1. The van der Waals surface area contributed by atoms with Crippen LogP contribution in [0.3, 0.4) is 0 Å². The maximum atomic E-state index is 12.1. The number of carbonyl (C=O) groups is 2. The van der Waals surface area contributed by atoms with E-state index in [0.717, 1.165) is 11.6 Å². The normalized spacial score (nSPS) is 10.2. The number of halogens is 1. The van der Waals surface area contributed by atoms with Crippen LogP contribution in [0.25, 0.3) is 0 Å². The zero-order valence-corrected chi connectivity index (χ0v) is 14.1. The molecule has 0 saturated heterocycles. The molecule has 1 amide bonds. The summed E-state index contributed by atoms with van der Waals surface area (Å²) in [5, 5.41) is 11.3. The van der Waals surface area contributed by atoms with Gasteiger partial charge >= 0.3 is 0 Å². The number of rotatable bonds is 7. The zero-order valence-electron chi connectivity index (χ0n) is 13.3. The first-order valence-electron chi connectivity index (χ1n) is 7.25. The molecule has 0 aliphatic rings. The number of hydrogen-bond donors (Lipinski definition) is 0. The van der Waals surface area contributed by atoms with Crippen molar-refractivity contribution in [1.82, 2.24) is 4.90 Å². The molecule has 0 unspecified atom stereocenters. The van der Waals surface area contributed by atoms with Crippen LogP contribution in [0.1, 0.15) is 15.9 Å². The van der Waals surface area contributed by atoms with E-state index in [0.29, 0.717) is 17.9 Å². The van der Waals surface area contributed by atoms with Crippen molar-refractivity contribution in [1.29, 1.82) is 0 Å². The fourth-order valence-corrected chi connectivity index (χ4v) is 2.20. The highest BCUT2D eigenvalue weighted by molar-refractivity contribution is 6.30. The van der Waals surface area contributed by atoms with E-state index in [1.54, 1.807) is 19.2 Å². The molecule has 0 aliphatic heterocycles. The molecule has 0 heterocycles. The average Bonchev–Trinajstić information content (AvgIpc) is 2.61. The fourth-order valence-electron chi connectivity index (χ4n) is 2.07. The van der Waals surface area contributed by atoms with E-state index in [9.17, 15) is 19.7 Å². The third-order valence-electron chi connectivity index (χ3n) is 3.44. The molecular formula is C17H15ClN2O5. The number of likely N-dealkylation sites (N-methyl/N-ethyl adjacent to an activating group) is 1. The Morgan fingerprint density at radius 3 is 2.56 bits per heavy atom. The quantitative estimate of drug-likeness (QED) is 0.429. The van der Waals surface area contributed by atoms with Crippen molar-refractivity contribution in [2.24, 2.45) is 0 Å². The predicted molar refractivity (Wildman–Crippen MR) is 91.9 cm³/mol. The molecule has 0 aromatic heterocycles. The van der Waals surface area contributed by atoms with Gasteiger partial charge in [0.1, 0.15) is 5.75 Å². The van der Waals surface area contributed by atoms with Crippen molar-refractivity contribution in [2.75, 3.05) is 13.7 Å². The van der Waals surface area contributed by atoms with Gasteiger partial charge in [-0.15, -0.1) is 0 Å². The third kappa shape index (κ3) is 5.02. The molecule has 0 saturated carbocycles. The van der Waals surface area contributed by atoms with E-state index in [1.807, 2.05) is 12.1 Å². The first-order valence-corrected chi connectivity index (χ1v) is 7.63. The van der Waals surface area contributed by atoms with Gasteiger partial charge in [-0.2, -0.15) is 0 Å². The number of hydrogen-bond acceptors (Lipinski definition) is 5. The van der Waals surface area contributed by atoms with Gasteiger partial charge in [-0.05, 0) is 23.8 Å². The lowest BCUT2D eigenvalue weighted by Gasteiger charge is -2.18. The fraction of sp³-hybridized carbons (Fsp3) is 0.176. The molecule has 0 fully saturated rings. The second-order valence-electron chi connectivity index (χ2n) is 5.26. The minimum atomic E-state index is -0.609. The van der Waals surface area contributed by atoms with Crippen LogP contribution in [-0.4, -0.2) is 35.7 Å². The Bertz CT molecular complexity index is 792. The Balaban J connectivity index is 1.98. The molecule has 0 bridgehead atoms. The Kier molecular flexibility index (Phi) is 6.08. The Labute approximate surface area is 148 Å². The van der Waals surface area contributed by atoms with Crippen LogP contribution in [0.15, 0.2) is 42.5 Å². The topological polar surface area (TPSA) is 89.8 Å². The number of aldehydes is 1. The van der Waals surface area contributed by atoms with Gasteiger partial charge in [-0.1, -0.05) is 23.7 Å². The summed E-state index contributed by atoms with van der Waals surface area (Å²) < 4.78 is 5.34. The molecule has 0 atom stereocenters. The summed E-state index contributed by atoms with van der Waals surface area (Å²) >= 11 is 5.82. The summed E-state index contributed by atoms with van der Waals surface area (Å²) in [5.74, 6) is -0.181. The molecule has 0 N–H and O–H groups in total. The van der Waals surface area contributed by atoms with Gasteiger partial charge in [0.15, 0.2) is 12.9 Å². The molecular weight excluding hydrogens is 348 g/mol. The smallest absolute Gasteiger partial charge is 0.270 e. The zero-order chi connectivity index (χ0) is 18.4. The van der Waals surface area contributed by atoms with Crippen LogP contribution in [0, 0.1) is 10.1 Å². The number of nitro benzene ring substituents is 1. The molecule has 2 aromatic rings. The minimum Gasteiger partial charge on any atom is -0.483 e. The lowest BCUT2D eigenvalue weighted by Crippen LogP contribution is -2.31. The van der Waals surface area contributed by atoms with Gasteiger partial charge < -0.3 is 9.64 Å². The monoisotopic (exact) mass is 362 g/mol. The Hall–Kier alpha value is -2.93. The number of carbonyl (C=O) groups excluding carboxylic acids is 2. The number of nitro groups is 1. The number of non-ortho nitro benzene ring substituents is 1. The second kappa shape index (κ2) is 8.25. The van der Waals surface area contributed by atoms with Gasteiger partial charge in [-0.25, -0.2) is 0 Å². The summed E-state index contributed by atoms with van der Waals surface area (Å²) in [5.41, 5.74) is 0.701. The van der Waals surface area contributed by atoms with Gasteiger partial charge in [0.05, 0.1) is 10.5 Å². The highest BCUT2D eigenvalue weighted by Gasteiger charge is 2.14. The number of benzene rings is 2. The van der Waals surface area contributed by atoms with E-state index >= 15 is 0 Å². The van der Waals surface area contributed by atoms with Crippen LogP contribution >= 0.6 is 11.6 Å². The summed E-state index contributed by atoms with van der Waals surface area (Å²) in [7, 11) is 1.62. The minimum absolute atomic E-state index is 0.0161. The van der Waals surface area contributed by atoms with Crippen molar-refractivity contribution >= 4 is 29.5 Å². The van der Waals surface area contributed by atoms with Crippen molar-refractivity contribution in [3.8, 4) is 5.75 Å². The third-order valence-corrected chi connectivity index (χ3v) is 3.69. The van der Waals surface area contributed by atoms with E-state index in [-0.39, 0.29) is 29.5 Å². The maximum absolute atomic E-state index is 12.1. The van der Waals surface area contributed by atoms with Crippen LogP contribution in [-0.2, 0) is 11.3 Å². The molecule has 0 radical (unpaired) electrons. The van der Waals surface area contributed by atoms with Crippen molar-refractivity contribution in [3.05, 3.63) is 68.7 Å². The molecule has 8 heteroatoms. The van der Waals surface area contributed by atoms with Crippen molar-refractivity contribution < 1.29 is 19.2 Å². The molecule has 2 rings (SSSR count). The van der Waals surface area contributed by atoms with Crippen molar-refractivity contribution in [2.45, 2.75) is 6.54 Å². The summed E-state index contributed by atoms with van der Waals surface area (Å²) in [6.45, 7) is 0.0862. The largest absolute Gasteiger partial charge is 0.483 e. The second-order valence-corrected chi connectivity index (χ2v) is 5.70. The van der Waals surface area contributed by atoms with Crippen LogP contribution in [0.2, 0.25) is 5.02 Å². The number of nitrogens with zero attached hydrogens (tertiary/aromatic N) is 2. The highest BCUT2D eigenvalue weighted by atomic mass is 35.5. The Morgan fingerprint density at radius 1 is 1.28 bits per heavy atom. The Morgan fingerprint density at radius 2 is 1.96 bits per heavy atom. The summed E-state index contributed by atoms with van der Waals surface area (Å²) in [6, 6.07) is 10.7. The highest BCUT2D eigenvalue weighted by Crippen LogP contribution is 2.22. The first-order chi connectivity index (χ1) is 11.9. The summed E-state index contributed by atoms with van der Waals surface area (Å²) in [4.78, 5) is 34.7. The van der Waals surface area contributed by atoms with Gasteiger partial charge in [-0.3, -0.25) is 19.7 Å². The molecule has 0 spiro atoms. The van der Waals surface area contributed by atoms with Crippen molar-refractivity contribution in [3.63, 3.8) is 0 Å². The molecule has 7 nitrogen and oxygen atoms in total. The lowest BCUT2D eigenvalue weighted by atomic mass is 10.2. The molecule has 2 aromatic carbocycles. The average molecular weight is 363 g/mol. The van der Waals surface area contributed by atoms with E-state index in [4.69, 9.17) is 16.3 Å². The van der Waals surface area contributed by atoms with Crippen LogP contribution < -0.4 is 4.74 Å². The summed E-state index contributed by atoms with van der Waals surface area (Å²) in [6.07, 6.45) is 0.449. The predicted octanol–water partition coefficient (Wildman–Crippen LogP) is 3.10. The van der Waals surface area contributed by atoms with E-state index in [1.165, 1.54) is 17.0 Å². The maximum Gasteiger partial charge on any atom is 0.270 e. The van der Waals surface area contributed by atoms with E-state index in [2.05, 4.69) is 0 Å². The van der Waals surface area contributed by atoms with Gasteiger partial charge in [0.2, 0.25) is 0 Å². The molecule has 0 aliphatic carbocycles. The van der Waals surface area contributed by atoms with Gasteiger partial charge in [0.25, 0.3) is 11.6 Å². The van der Waals surface area contributed by atoms with Crippen LogP contribution in [0.4, 0.5) is 5.69 Å². The first kappa shape index (κ1) is 18.4. The van der Waals surface area contributed by atoms with Gasteiger partial charge in [0, 0.05) is 30.7 Å². The molecule has 130 valence electrons. The molecule has 25 heavy (non-hydrogen) atoms. The SMILES string of the molecule is CN(Cc1ccc(Cl)cc1)C(=O)COc1ccc([N+](=O)[O-])cc1C=O. The standard InChI is InChI=1S/C17H15ClN2O5/c1-19(9-12-2-4-14(18)5-3-12)17(22)11-25-16-7-6-15(20(23)24)8-13(16)10-21/h2-8,10H,9,11H2,1H3.